The van der Waals surface area contributed by atoms with Crippen molar-refractivity contribution in [3.05, 3.63) is 53.2 Å². The molecule has 1 amide bonds. The van der Waals surface area contributed by atoms with Crippen LogP contribution in [0.1, 0.15) is 23.7 Å². The Balaban J connectivity index is 1.94. The summed E-state index contributed by atoms with van der Waals surface area (Å²) in [5, 5.41) is 0.351. The fraction of sp³-hybridized carbons (Fsp3) is 0.333. The molecule has 2 heterocycles. The molecule has 1 unspecified atom stereocenters. The number of carbonyl (C=O) groups excluding carboxylic acids is 1. The average Bonchev–Trinajstić information content (AvgIpc) is 2.74. The Hall–Kier alpha value is -1.92. The lowest BCUT2D eigenvalue weighted by molar-refractivity contribution is 0.0706. The van der Waals surface area contributed by atoms with E-state index in [9.17, 15) is 13.2 Å². The number of sulfone groups is 1. The molecule has 1 aromatic heterocycles. The molecule has 1 fully saturated rings. The van der Waals surface area contributed by atoms with Crippen LogP contribution in [0.3, 0.4) is 0 Å². The minimum absolute atomic E-state index is 0.0133. The van der Waals surface area contributed by atoms with Crippen LogP contribution in [-0.2, 0) is 9.84 Å². The van der Waals surface area contributed by atoms with Crippen LogP contribution in [0, 0.1) is 0 Å². The van der Waals surface area contributed by atoms with E-state index in [-0.39, 0.29) is 30.0 Å². The SMILES string of the molecule is CC1CCS(=O)(=O)CCN1C(=O)c1cc(-c2ccccn2)ccc1Cl. The second-order valence-corrected chi connectivity index (χ2v) is 8.91. The molecule has 132 valence electrons. The van der Waals surface area contributed by atoms with Crippen LogP contribution in [0.25, 0.3) is 11.3 Å². The number of pyridine rings is 1. The summed E-state index contributed by atoms with van der Waals surface area (Å²) >= 11 is 6.26. The smallest absolute Gasteiger partial charge is 0.255 e. The maximum Gasteiger partial charge on any atom is 0.255 e. The molecule has 0 spiro atoms. The highest BCUT2D eigenvalue weighted by Crippen LogP contribution is 2.26. The van der Waals surface area contributed by atoms with Crippen molar-refractivity contribution in [1.29, 1.82) is 0 Å². The second kappa shape index (κ2) is 7.14. The molecule has 5 nitrogen and oxygen atoms in total. The van der Waals surface area contributed by atoms with Crippen molar-refractivity contribution in [2.24, 2.45) is 0 Å². The van der Waals surface area contributed by atoms with Crippen LogP contribution in [0.5, 0.6) is 0 Å². The summed E-state index contributed by atoms with van der Waals surface area (Å²) in [5.41, 5.74) is 1.92. The van der Waals surface area contributed by atoms with Gasteiger partial charge in [-0.3, -0.25) is 9.78 Å². The van der Waals surface area contributed by atoms with Crippen molar-refractivity contribution < 1.29 is 13.2 Å². The quantitative estimate of drug-likeness (QED) is 0.805. The van der Waals surface area contributed by atoms with Gasteiger partial charge in [-0.05, 0) is 37.6 Å². The van der Waals surface area contributed by atoms with Gasteiger partial charge in [-0.2, -0.15) is 0 Å². The molecule has 1 aliphatic heterocycles. The summed E-state index contributed by atoms with van der Waals surface area (Å²) in [7, 11) is -3.10. The van der Waals surface area contributed by atoms with Gasteiger partial charge in [-0.25, -0.2) is 8.42 Å². The van der Waals surface area contributed by atoms with Gasteiger partial charge >= 0.3 is 0 Å². The normalized spacial score (nSPS) is 20.1. The lowest BCUT2D eigenvalue weighted by Crippen LogP contribution is -2.39. The number of carbonyl (C=O) groups is 1. The van der Waals surface area contributed by atoms with Gasteiger partial charge in [0.2, 0.25) is 0 Å². The molecule has 3 rings (SSSR count). The van der Waals surface area contributed by atoms with Crippen molar-refractivity contribution in [3.63, 3.8) is 0 Å². The Labute approximate surface area is 152 Å². The molecule has 1 aromatic carbocycles. The molecule has 1 saturated heterocycles. The predicted octanol–water partition coefficient (Wildman–Crippen LogP) is 3.05. The van der Waals surface area contributed by atoms with Gasteiger partial charge in [0.25, 0.3) is 5.91 Å². The third-order valence-corrected chi connectivity index (χ3v) is 6.43. The molecule has 0 N–H and O–H groups in total. The summed E-state index contributed by atoms with van der Waals surface area (Å²) in [6.07, 6.45) is 2.12. The van der Waals surface area contributed by atoms with Crippen LogP contribution in [0.4, 0.5) is 0 Å². The van der Waals surface area contributed by atoms with Crippen LogP contribution >= 0.6 is 11.6 Å². The van der Waals surface area contributed by atoms with Gasteiger partial charge in [-0.15, -0.1) is 0 Å². The minimum Gasteiger partial charge on any atom is -0.335 e. The number of hydrogen-bond donors (Lipinski definition) is 0. The lowest BCUT2D eigenvalue weighted by atomic mass is 10.1. The fourth-order valence-electron chi connectivity index (χ4n) is 2.90. The highest BCUT2D eigenvalue weighted by atomic mass is 35.5. The maximum absolute atomic E-state index is 13.0. The zero-order valence-corrected chi connectivity index (χ0v) is 15.4. The monoisotopic (exact) mass is 378 g/mol. The van der Waals surface area contributed by atoms with Crippen molar-refractivity contribution >= 4 is 27.3 Å². The number of hydrogen-bond acceptors (Lipinski definition) is 4. The van der Waals surface area contributed by atoms with Gasteiger partial charge in [0, 0.05) is 24.3 Å². The molecule has 2 aromatic rings. The summed E-state index contributed by atoms with van der Waals surface area (Å²) in [5.74, 6) is -0.146. The number of nitrogens with zero attached hydrogens (tertiary/aromatic N) is 2. The van der Waals surface area contributed by atoms with Gasteiger partial charge in [0.1, 0.15) is 0 Å². The van der Waals surface area contributed by atoms with Crippen LogP contribution in [-0.4, -0.2) is 48.3 Å². The first kappa shape index (κ1) is 17.9. The molecule has 0 bridgehead atoms. The Morgan fingerprint density at radius 2 is 2.04 bits per heavy atom. The number of benzene rings is 1. The molecule has 0 radical (unpaired) electrons. The van der Waals surface area contributed by atoms with E-state index in [0.717, 1.165) is 11.3 Å². The standard InChI is InChI=1S/C18H19ClN2O3S/c1-13-7-10-25(23,24)11-9-21(13)18(22)15-12-14(5-6-16(15)19)17-4-2-3-8-20-17/h2-6,8,12-13H,7,9-11H2,1H3. The number of halogens is 1. The Morgan fingerprint density at radius 1 is 1.24 bits per heavy atom. The average molecular weight is 379 g/mol. The minimum atomic E-state index is -3.10. The summed E-state index contributed by atoms with van der Waals surface area (Å²) in [6, 6.07) is 10.6. The van der Waals surface area contributed by atoms with Gasteiger partial charge in [-0.1, -0.05) is 23.7 Å². The first-order chi connectivity index (χ1) is 11.9. The van der Waals surface area contributed by atoms with Crippen LogP contribution in [0.15, 0.2) is 42.6 Å². The largest absolute Gasteiger partial charge is 0.335 e. The maximum atomic E-state index is 13.0. The second-order valence-electron chi connectivity index (χ2n) is 6.20. The predicted molar refractivity (Wildman–Crippen MR) is 98.5 cm³/mol. The highest BCUT2D eigenvalue weighted by Gasteiger charge is 2.29. The highest BCUT2D eigenvalue weighted by molar-refractivity contribution is 7.91. The van der Waals surface area contributed by atoms with E-state index < -0.39 is 9.84 Å². The molecule has 1 aliphatic rings. The van der Waals surface area contributed by atoms with E-state index >= 15 is 0 Å². The van der Waals surface area contributed by atoms with E-state index in [4.69, 9.17) is 11.6 Å². The molecular weight excluding hydrogens is 360 g/mol. The van der Waals surface area contributed by atoms with Crippen LogP contribution < -0.4 is 0 Å². The number of amides is 1. The van der Waals surface area contributed by atoms with Crippen molar-refractivity contribution in [2.75, 3.05) is 18.1 Å². The zero-order chi connectivity index (χ0) is 18.0. The first-order valence-corrected chi connectivity index (χ1v) is 10.3. The van der Waals surface area contributed by atoms with Gasteiger partial charge in [0.05, 0.1) is 27.8 Å². The molecule has 0 saturated carbocycles. The van der Waals surface area contributed by atoms with E-state index in [2.05, 4.69) is 4.98 Å². The summed E-state index contributed by atoms with van der Waals surface area (Å²) in [6.45, 7) is 2.06. The zero-order valence-electron chi connectivity index (χ0n) is 13.9. The Bertz CT molecular complexity index is 884. The van der Waals surface area contributed by atoms with E-state index in [1.807, 2.05) is 31.2 Å². The van der Waals surface area contributed by atoms with Crippen LogP contribution in [0.2, 0.25) is 5.02 Å². The topological polar surface area (TPSA) is 67.3 Å². The first-order valence-electron chi connectivity index (χ1n) is 8.10. The van der Waals surface area contributed by atoms with Crippen molar-refractivity contribution in [1.82, 2.24) is 9.88 Å². The van der Waals surface area contributed by atoms with E-state index in [1.165, 1.54) is 0 Å². The molecular formula is C18H19ClN2O3S. The van der Waals surface area contributed by atoms with Crippen molar-refractivity contribution in [3.8, 4) is 11.3 Å². The molecule has 25 heavy (non-hydrogen) atoms. The fourth-order valence-corrected chi connectivity index (χ4v) is 4.48. The van der Waals surface area contributed by atoms with Gasteiger partial charge in [0.15, 0.2) is 9.84 Å². The van der Waals surface area contributed by atoms with Crippen molar-refractivity contribution in [2.45, 2.75) is 19.4 Å². The van der Waals surface area contributed by atoms with E-state index in [0.29, 0.717) is 17.0 Å². The Kier molecular flexibility index (Phi) is 5.11. The Morgan fingerprint density at radius 3 is 2.76 bits per heavy atom. The third-order valence-electron chi connectivity index (χ3n) is 4.44. The third kappa shape index (κ3) is 4.02. The summed E-state index contributed by atoms with van der Waals surface area (Å²) < 4.78 is 23.7. The molecule has 0 aliphatic carbocycles. The molecule has 1 atom stereocenters. The van der Waals surface area contributed by atoms with E-state index in [1.54, 1.807) is 23.2 Å². The molecule has 7 heteroatoms. The summed E-state index contributed by atoms with van der Waals surface area (Å²) in [4.78, 5) is 18.9. The number of aromatic nitrogens is 1. The van der Waals surface area contributed by atoms with Gasteiger partial charge < -0.3 is 4.90 Å². The number of rotatable bonds is 2. The lowest BCUT2D eigenvalue weighted by Gasteiger charge is -2.27.